The average Bonchev–Trinajstić information content (AvgIpc) is 3.04. The number of hydrogen-bond donors (Lipinski definition) is 2. The number of nitrogens with zero attached hydrogens (tertiary/aromatic N) is 1. The maximum atomic E-state index is 12.1. The van der Waals surface area contributed by atoms with Crippen molar-refractivity contribution in [3.05, 3.63) is 88.7 Å². The molecule has 2 amide bonds. The zero-order chi connectivity index (χ0) is 17.6. The first-order chi connectivity index (χ1) is 12.1. The summed E-state index contributed by atoms with van der Waals surface area (Å²) in [5, 5.41) is 6.32. The third-order valence-electron chi connectivity index (χ3n) is 4.06. The highest BCUT2D eigenvalue weighted by atomic mass is 35.5. The summed E-state index contributed by atoms with van der Waals surface area (Å²) in [6.45, 7) is 3.35. The maximum absolute atomic E-state index is 12.1. The van der Waals surface area contributed by atoms with Gasteiger partial charge in [-0.2, -0.15) is 0 Å². The van der Waals surface area contributed by atoms with Crippen molar-refractivity contribution in [3.8, 4) is 0 Å². The number of hydrogen-bond acceptors (Lipinski definition) is 1. The van der Waals surface area contributed by atoms with Crippen molar-refractivity contribution in [1.82, 2.24) is 9.88 Å². The molecule has 0 saturated carbocycles. The van der Waals surface area contributed by atoms with Crippen LogP contribution in [0.5, 0.6) is 0 Å². The third-order valence-corrected chi connectivity index (χ3v) is 4.31. The Morgan fingerprint density at radius 3 is 2.56 bits per heavy atom. The van der Waals surface area contributed by atoms with Gasteiger partial charge in [-0.05, 0) is 54.4 Å². The first-order valence-electron chi connectivity index (χ1n) is 8.11. The summed E-state index contributed by atoms with van der Waals surface area (Å²) in [6.07, 6.45) is 2.03. The van der Waals surface area contributed by atoms with Gasteiger partial charge in [-0.25, -0.2) is 4.79 Å². The van der Waals surface area contributed by atoms with Crippen molar-refractivity contribution < 1.29 is 4.79 Å². The van der Waals surface area contributed by atoms with Crippen molar-refractivity contribution in [2.24, 2.45) is 0 Å². The zero-order valence-corrected chi connectivity index (χ0v) is 14.8. The second-order valence-electron chi connectivity index (χ2n) is 5.87. The quantitative estimate of drug-likeness (QED) is 0.678. The highest BCUT2D eigenvalue weighted by molar-refractivity contribution is 6.30. The van der Waals surface area contributed by atoms with E-state index in [1.165, 1.54) is 11.1 Å². The van der Waals surface area contributed by atoms with Gasteiger partial charge in [0.15, 0.2) is 0 Å². The first-order valence-corrected chi connectivity index (χ1v) is 8.48. The van der Waals surface area contributed by atoms with Crippen LogP contribution in [0.1, 0.15) is 16.8 Å². The van der Waals surface area contributed by atoms with Gasteiger partial charge in [0, 0.05) is 29.1 Å². The van der Waals surface area contributed by atoms with E-state index in [0.717, 1.165) is 12.2 Å². The number of amides is 2. The molecule has 1 heterocycles. The zero-order valence-electron chi connectivity index (χ0n) is 14.0. The molecule has 0 atom stereocenters. The summed E-state index contributed by atoms with van der Waals surface area (Å²) in [5.74, 6) is 0. The van der Waals surface area contributed by atoms with E-state index in [-0.39, 0.29) is 6.03 Å². The van der Waals surface area contributed by atoms with Crippen LogP contribution in [0.2, 0.25) is 5.02 Å². The Morgan fingerprint density at radius 2 is 1.80 bits per heavy atom. The monoisotopic (exact) mass is 353 g/mol. The number of aryl methyl sites for hydroxylation is 1. The molecule has 128 valence electrons. The van der Waals surface area contributed by atoms with E-state index in [1.807, 2.05) is 30.5 Å². The van der Waals surface area contributed by atoms with Gasteiger partial charge in [-0.15, -0.1) is 0 Å². The second kappa shape index (κ2) is 7.90. The van der Waals surface area contributed by atoms with Crippen molar-refractivity contribution in [2.75, 3.05) is 5.32 Å². The number of carbonyl (C=O) groups excluding carboxylic acids is 1. The fourth-order valence-corrected chi connectivity index (χ4v) is 2.74. The lowest BCUT2D eigenvalue weighted by Crippen LogP contribution is -2.29. The molecule has 0 saturated heterocycles. The number of carbonyl (C=O) groups is 1. The highest BCUT2D eigenvalue weighted by Crippen LogP contribution is 2.14. The van der Waals surface area contributed by atoms with E-state index < -0.39 is 0 Å². The summed E-state index contributed by atoms with van der Waals surface area (Å²) < 4.78 is 2.14. The molecule has 25 heavy (non-hydrogen) atoms. The molecule has 0 aliphatic rings. The van der Waals surface area contributed by atoms with Gasteiger partial charge in [0.2, 0.25) is 0 Å². The van der Waals surface area contributed by atoms with Crippen molar-refractivity contribution in [3.63, 3.8) is 0 Å². The molecule has 3 rings (SSSR count). The van der Waals surface area contributed by atoms with Gasteiger partial charge in [0.1, 0.15) is 0 Å². The summed E-state index contributed by atoms with van der Waals surface area (Å²) >= 11 is 5.84. The lowest BCUT2D eigenvalue weighted by molar-refractivity contribution is 0.251. The first kappa shape index (κ1) is 17.1. The summed E-state index contributed by atoms with van der Waals surface area (Å²) in [6, 6.07) is 19.1. The molecule has 0 fully saturated rings. The lowest BCUT2D eigenvalue weighted by Gasteiger charge is -2.12. The minimum atomic E-state index is -0.244. The molecule has 0 bridgehead atoms. The predicted octanol–water partition coefficient (Wildman–Crippen LogP) is 4.82. The van der Waals surface area contributed by atoms with Crippen molar-refractivity contribution in [2.45, 2.75) is 20.0 Å². The van der Waals surface area contributed by atoms with Crippen LogP contribution >= 0.6 is 11.6 Å². The summed E-state index contributed by atoms with van der Waals surface area (Å²) in [4.78, 5) is 12.1. The Morgan fingerprint density at radius 1 is 1.04 bits per heavy atom. The fourth-order valence-electron chi connectivity index (χ4n) is 2.61. The molecule has 2 N–H and O–H groups in total. The number of aromatic nitrogens is 1. The van der Waals surface area contributed by atoms with Crippen molar-refractivity contribution >= 4 is 23.3 Å². The molecular formula is C20H20ClN3O. The average molecular weight is 354 g/mol. The molecule has 1 aromatic heterocycles. The number of benzene rings is 2. The summed E-state index contributed by atoms with van der Waals surface area (Å²) in [7, 11) is 0. The number of rotatable bonds is 5. The van der Waals surface area contributed by atoms with Crippen LogP contribution in [0.3, 0.4) is 0 Å². The van der Waals surface area contributed by atoms with E-state index in [2.05, 4.69) is 34.3 Å². The summed E-state index contributed by atoms with van der Waals surface area (Å²) in [5.41, 5.74) is 4.29. The lowest BCUT2D eigenvalue weighted by atomic mass is 10.1. The molecule has 0 unspecified atom stereocenters. The molecule has 4 nitrogen and oxygen atoms in total. The molecule has 0 aliphatic carbocycles. The number of anilines is 1. The molecule has 2 aromatic carbocycles. The number of halogens is 1. The van der Waals surface area contributed by atoms with Crippen LogP contribution in [0.4, 0.5) is 10.5 Å². The van der Waals surface area contributed by atoms with Crippen LogP contribution < -0.4 is 10.6 Å². The van der Waals surface area contributed by atoms with Gasteiger partial charge >= 0.3 is 6.03 Å². The van der Waals surface area contributed by atoms with Gasteiger partial charge < -0.3 is 15.2 Å². The van der Waals surface area contributed by atoms with Gasteiger partial charge in [0.05, 0.1) is 6.54 Å². The van der Waals surface area contributed by atoms with Crippen LogP contribution in [-0.2, 0) is 13.1 Å². The van der Waals surface area contributed by atoms with Crippen LogP contribution in [0.15, 0.2) is 66.9 Å². The van der Waals surface area contributed by atoms with Crippen LogP contribution in [0.25, 0.3) is 0 Å². The standard InChI is InChI=1S/C20H20ClN3O/c1-15-5-2-3-6-16(15)14-24-12-4-7-19(24)13-22-20(25)23-18-10-8-17(21)9-11-18/h2-12H,13-14H2,1H3,(H2,22,23,25). The van der Waals surface area contributed by atoms with Crippen molar-refractivity contribution in [1.29, 1.82) is 0 Å². The predicted molar refractivity (Wildman–Crippen MR) is 102 cm³/mol. The Hall–Kier alpha value is -2.72. The smallest absolute Gasteiger partial charge is 0.319 e. The Kier molecular flexibility index (Phi) is 5.41. The third kappa shape index (κ3) is 4.64. The molecule has 0 radical (unpaired) electrons. The minimum Gasteiger partial charge on any atom is -0.345 e. The SMILES string of the molecule is Cc1ccccc1Cn1cccc1CNC(=O)Nc1ccc(Cl)cc1. The molecular weight excluding hydrogens is 334 g/mol. The fraction of sp³-hybridized carbons (Fsp3) is 0.150. The number of nitrogens with one attached hydrogen (secondary N) is 2. The molecule has 5 heteroatoms. The second-order valence-corrected chi connectivity index (χ2v) is 6.30. The number of urea groups is 1. The molecule has 3 aromatic rings. The highest BCUT2D eigenvalue weighted by Gasteiger charge is 2.06. The van der Waals surface area contributed by atoms with E-state index >= 15 is 0 Å². The Bertz CT molecular complexity index is 855. The van der Waals surface area contributed by atoms with E-state index in [9.17, 15) is 4.79 Å². The van der Waals surface area contributed by atoms with Gasteiger partial charge in [-0.1, -0.05) is 35.9 Å². The van der Waals surface area contributed by atoms with E-state index in [4.69, 9.17) is 11.6 Å². The Balaban J connectivity index is 1.59. The maximum Gasteiger partial charge on any atom is 0.319 e. The topological polar surface area (TPSA) is 46.1 Å². The Labute approximate surface area is 152 Å². The largest absolute Gasteiger partial charge is 0.345 e. The molecule has 0 spiro atoms. The normalized spacial score (nSPS) is 10.5. The van der Waals surface area contributed by atoms with Crippen LogP contribution in [-0.4, -0.2) is 10.6 Å². The van der Waals surface area contributed by atoms with Gasteiger partial charge in [0.25, 0.3) is 0 Å². The van der Waals surface area contributed by atoms with Crippen LogP contribution in [0, 0.1) is 6.92 Å². The van der Waals surface area contributed by atoms with Gasteiger partial charge in [-0.3, -0.25) is 0 Å². The molecule has 0 aliphatic heterocycles. The minimum absolute atomic E-state index is 0.244. The van der Waals surface area contributed by atoms with E-state index in [1.54, 1.807) is 24.3 Å². The van der Waals surface area contributed by atoms with E-state index in [0.29, 0.717) is 17.3 Å².